The molecule has 42 heavy (non-hydrogen) atoms. The van der Waals surface area contributed by atoms with Crippen molar-refractivity contribution in [3.63, 3.8) is 0 Å². The van der Waals surface area contributed by atoms with E-state index in [4.69, 9.17) is 9.90 Å². The van der Waals surface area contributed by atoms with E-state index in [9.17, 15) is 26.0 Å². The molecule has 4 aromatic carbocycles. The smallest absolute Gasteiger partial charge is 0.475 e. The summed E-state index contributed by atoms with van der Waals surface area (Å²) in [4.78, 5) is 17.0. The molecule has 0 aliphatic carbocycles. The normalized spacial score (nSPS) is 11.6. The Hall–Kier alpha value is -4.55. The molecule has 0 saturated carbocycles. The van der Waals surface area contributed by atoms with E-state index in [1.165, 1.54) is 18.4 Å². The highest BCUT2D eigenvalue weighted by molar-refractivity contribution is 7.90. The maximum atomic E-state index is 13.5. The van der Waals surface area contributed by atoms with Crippen molar-refractivity contribution in [2.45, 2.75) is 24.2 Å². The van der Waals surface area contributed by atoms with Crippen molar-refractivity contribution in [2.75, 3.05) is 6.26 Å². The van der Waals surface area contributed by atoms with Crippen LogP contribution in [0, 0.1) is 5.82 Å². The quantitative estimate of drug-likeness (QED) is 0.188. The van der Waals surface area contributed by atoms with E-state index in [1.807, 2.05) is 24.3 Å². The number of fused-ring (bicyclic) bond motifs is 1. The molecule has 7 nitrogen and oxygen atoms in total. The van der Waals surface area contributed by atoms with Gasteiger partial charge in [0, 0.05) is 24.9 Å². The topological polar surface area (TPSA) is 112 Å². The van der Waals surface area contributed by atoms with Gasteiger partial charge in [0.25, 0.3) is 0 Å². The molecule has 0 amide bonds. The number of nitrogens with zero attached hydrogens (tertiary/aromatic N) is 1. The van der Waals surface area contributed by atoms with Crippen molar-refractivity contribution in [3.05, 3.63) is 108 Å². The molecular formula is C30H25F4N3O4S. The number of aromatic amines is 1. The molecule has 5 aromatic rings. The molecule has 0 unspecified atom stereocenters. The summed E-state index contributed by atoms with van der Waals surface area (Å²) in [6.45, 7) is 1.35. The fourth-order valence-electron chi connectivity index (χ4n) is 3.99. The maximum Gasteiger partial charge on any atom is 0.490 e. The summed E-state index contributed by atoms with van der Waals surface area (Å²) in [5, 5.41) is 10.5. The van der Waals surface area contributed by atoms with E-state index in [1.54, 1.807) is 18.2 Å². The Balaban J connectivity index is 0.000000517. The number of sulfone groups is 1. The monoisotopic (exact) mass is 599 g/mol. The van der Waals surface area contributed by atoms with Gasteiger partial charge in [-0.05, 0) is 58.7 Å². The molecule has 0 spiro atoms. The molecule has 0 aliphatic heterocycles. The van der Waals surface area contributed by atoms with Crippen LogP contribution in [0.1, 0.15) is 11.1 Å². The van der Waals surface area contributed by atoms with Gasteiger partial charge in [-0.1, -0.05) is 54.6 Å². The molecule has 218 valence electrons. The zero-order chi connectivity index (χ0) is 30.5. The van der Waals surface area contributed by atoms with E-state index < -0.39 is 22.0 Å². The third-order valence-electron chi connectivity index (χ3n) is 6.12. The average Bonchev–Trinajstić information content (AvgIpc) is 3.37. The van der Waals surface area contributed by atoms with Crippen molar-refractivity contribution in [1.82, 2.24) is 15.3 Å². The van der Waals surface area contributed by atoms with Gasteiger partial charge in [-0.25, -0.2) is 22.6 Å². The van der Waals surface area contributed by atoms with Gasteiger partial charge in [0.2, 0.25) is 0 Å². The molecule has 5 rings (SSSR count). The van der Waals surface area contributed by atoms with Gasteiger partial charge in [0.1, 0.15) is 11.6 Å². The zero-order valence-corrected chi connectivity index (χ0v) is 22.9. The Morgan fingerprint density at radius 2 is 1.43 bits per heavy atom. The van der Waals surface area contributed by atoms with Crippen molar-refractivity contribution < 1.29 is 35.9 Å². The number of carboxylic acids is 1. The summed E-state index contributed by atoms with van der Waals surface area (Å²) in [5.41, 5.74) is 6.68. The van der Waals surface area contributed by atoms with Crippen LogP contribution in [0.15, 0.2) is 95.9 Å². The Labute approximate surface area is 238 Å². The second-order valence-electron chi connectivity index (χ2n) is 9.35. The predicted octanol–water partition coefficient (Wildman–Crippen LogP) is 6.36. The minimum atomic E-state index is -5.08. The van der Waals surface area contributed by atoms with Gasteiger partial charge < -0.3 is 15.4 Å². The molecule has 0 bridgehead atoms. The lowest BCUT2D eigenvalue weighted by Gasteiger charge is -2.08. The van der Waals surface area contributed by atoms with Crippen molar-refractivity contribution in [3.8, 4) is 22.5 Å². The standard InChI is InChI=1S/C28H24FN3O2S.C2HF3O2/c1-35(33,34)25-12-7-20(8-13-25)18-30-17-19-5-9-21(10-6-19)22-3-2-4-23(15-22)28-31-26-14-11-24(29)16-27(26)32-28;3-2(4,5)1(6)7/h2-16,30H,17-18H2,1H3,(H,31,32);(H,6,7). The number of hydrogen-bond acceptors (Lipinski definition) is 5. The van der Waals surface area contributed by atoms with Gasteiger partial charge in [-0.3, -0.25) is 0 Å². The average molecular weight is 600 g/mol. The summed E-state index contributed by atoms with van der Waals surface area (Å²) >= 11 is 0. The Morgan fingerprint density at radius 1 is 0.857 bits per heavy atom. The molecule has 0 saturated heterocycles. The first-order valence-corrected chi connectivity index (χ1v) is 14.3. The van der Waals surface area contributed by atoms with E-state index in [2.05, 4.69) is 51.7 Å². The maximum absolute atomic E-state index is 13.5. The summed E-state index contributed by atoms with van der Waals surface area (Å²) in [6.07, 6.45) is -3.87. The summed E-state index contributed by atoms with van der Waals surface area (Å²) in [7, 11) is -3.18. The third kappa shape index (κ3) is 8.02. The van der Waals surface area contributed by atoms with Crippen LogP contribution in [0.25, 0.3) is 33.5 Å². The number of aliphatic carboxylic acids is 1. The van der Waals surface area contributed by atoms with E-state index >= 15 is 0 Å². The van der Waals surface area contributed by atoms with Gasteiger partial charge in [-0.15, -0.1) is 0 Å². The number of alkyl halides is 3. The predicted molar refractivity (Wildman–Crippen MR) is 151 cm³/mol. The van der Waals surface area contributed by atoms with E-state index in [-0.39, 0.29) is 5.82 Å². The summed E-state index contributed by atoms with van der Waals surface area (Å²) < 4.78 is 68.4. The number of benzene rings is 4. The fourth-order valence-corrected chi connectivity index (χ4v) is 4.62. The molecular weight excluding hydrogens is 574 g/mol. The van der Waals surface area contributed by atoms with Crippen molar-refractivity contribution >= 4 is 26.8 Å². The van der Waals surface area contributed by atoms with E-state index in [0.29, 0.717) is 29.3 Å². The van der Waals surface area contributed by atoms with Gasteiger partial charge >= 0.3 is 12.1 Å². The zero-order valence-electron chi connectivity index (χ0n) is 22.1. The number of carboxylic acid groups (broad SMARTS) is 1. The first-order chi connectivity index (χ1) is 19.8. The minimum absolute atomic E-state index is 0.291. The number of rotatable bonds is 7. The van der Waals surface area contributed by atoms with Crippen LogP contribution in [-0.2, 0) is 27.7 Å². The Kier molecular flexibility index (Phi) is 9.08. The van der Waals surface area contributed by atoms with E-state index in [0.717, 1.165) is 33.3 Å². The molecule has 1 heterocycles. The van der Waals surface area contributed by atoms with Crippen molar-refractivity contribution in [2.24, 2.45) is 0 Å². The van der Waals surface area contributed by atoms with Gasteiger partial charge in [0.15, 0.2) is 9.84 Å². The highest BCUT2D eigenvalue weighted by atomic mass is 32.2. The molecule has 3 N–H and O–H groups in total. The molecule has 0 fully saturated rings. The third-order valence-corrected chi connectivity index (χ3v) is 7.25. The Bertz CT molecular complexity index is 1800. The molecule has 12 heteroatoms. The highest BCUT2D eigenvalue weighted by Gasteiger charge is 2.38. The van der Waals surface area contributed by atoms with Crippen LogP contribution in [0.2, 0.25) is 0 Å². The van der Waals surface area contributed by atoms with Crippen LogP contribution in [0.3, 0.4) is 0 Å². The molecule has 0 atom stereocenters. The molecule has 1 aromatic heterocycles. The SMILES string of the molecule is CS(=O)(=O)c1ccc(CNCc2ccc(-c3cccc(-c4nc5ccc(F)cc5[nH]4)c3)cc2)cc1.O=C(O)C(F)(F)F. The largest absolute Gasteiger partial charge is 0.490 e. The van der Waals surface area contributed by atoms with Crippen LogP contribution in [0.5, 0.6) is 0 Å². The second kappa shape index (κ2) is 12.5. The first kappa shape index (κ1) is 30.4. The number of halogens is 4. The first-order valence-electron chi connectivity index (χ1n) is 12.4. The van der Waals surface area contributed by atoms with Gasteiger partial charge in [0.05, 0.1) is 15.9 Å². The van der Waals surface area contributed by atoms with Crippen molar-refractivity contribution in [1.29, 1.82) is 0 Å². The van der Waals surface area contributed by atoms with Crippen LogP contribution < -0.4 is 5.32 Å². The van der Waals surface area contributed by atoms with Crippen LogP contribution in [0.4, 0.5) is 17.6 Å². The highest BCUT2D eigenvalue weighted by Crippen LogP contribution is 2.27. The number of hydrogen-bond donors (Lipinski definition) is 3. The van der Waals surface area contributed by atoms with Gasteiger partial charge in [-0.2, -0.15) is 13.2 Å². The van der Waals surface area contributed by atoms with Crippen LogP contribution in [-0.4, -0.2) is 41.9 Å². The second-order valence-corrected chi connectivity index (χ2v) is 11.4. The molecule has 0 radical (unpaired) electrons. The fraction of sp³-hybridized carbons (Fsp3) is 0.133. The summed E-state index contributed by atoms with van der Waals surface area (Å²) in [5.74, 6) is -2.34. The lowest BCUT2D eigenvalue weighted by atomic mass is 10.0. The summed E-state index contributed by atoms with van der Waals surface area (Å²) in [6, 6.07) is 27.9. The number of nitrogens with one attached hydrogen (secondary N) is 2. The number of aromatic nitrogens is 2. The lowest BCUT2D eigenvalue weighted by molar-refractivity contribution is -0.192. The number of carbonyl (C=O) groups is 1. The Morgan fingerprint density at radius 3 is 2.00 bits per heavy atom. The lowest BCUT2D eigenvalue weighted by Crippen LogP contribution is -2.21. The molecule has 0 aliphatic rings. The number of imidazole rings is 1. The van der Waals surface area contributed by atoms with Crippen LogP contribution >= 0.6 is 0 Å². The minimum Gasteiger partial charge on any atom is -0.475 e. The number of H-pyrrole nitrogens is 1.